The summed E-state index contributed by atoms with van der Waals surface area (Å²) >= 11 is 0. The molecule has 0 amide bonds. The van der Waals surface area contributed by atoms with Crippen molar-refractivity contribution in [2.24, 2.45) is 11.7 Å². The predicted molar refractivity (Wildman–Crippen MR) is 74.1 cm³/mol. The van der Waals surface area contributed by atoms with E-state index < -0.39 is 0 Å². The van der Waals surface area contributed by atoms with Gasteiger partial charge in [-0.15, -0.1) is 0 Å². The molecule has 0 aromatic carbocycles. The number of hydrogen-bond donors (Lipinski definition) is 1. The average Bonchev–Trinajstić information content (AvgIpc) is 2.38. The normalized spacial score (nSPS) is 25.1. The van der Waals surface area contributed by atoms with E-state index in [4.69, 9.17) is 10.5 Å². The van der Waals surface area contributed by atoms with Crippen LogP contribution in [0.1, 0.15) is 71.1 Å². The monoisotopic (exact) mass is 241 g/mol. The second kappa shape index (κ2) is 9.90. The van der Waals surface area contributed by atoms with E-state index in [1.807, 2.05) is 0 Å². The molecular formula is C15H31NO. The number of unbranched alkanes of at least 4 members (excludes halogenated alkanes) is 6. The van der Waals surface area contributed by atoms with Gasteiger partial charge in [0.2, 0.25) is 0 Å². The van der Waals surface area contributed by atoms with Gasteiger partial charge in [0, 0.05) is 6.61 Å². The minimum atomic E-state index is 0.462. The lowest BCUT2D eigenvalue weighted by molar-refractivity contribution is -0.0288. The van der Waals surface area contributed by atoms with Gasteiger partial charge in [0.1, 0.15) is 0 Å². The third-order valence-corrected chi connectivity index (χ3v) is 3.97. The van der Waals surface area contributed by atoms with Crippen LogP contribution in [-0.4, -0.2) is 19.3 Å². The Balaban J connectivity index is 1.97. The summed E-state index contributed by atoms with van der Waals surface area (Å²) in [5.41, 5.74) is 5.80. The molecule has 1 saturated heterocycles. The van der Waals surface area contributed by atoms with E-state index in [-0.39, 0.29) is 0 Å². The summed E-state index contributed by atoms with van der Waals surface area (Å²) in [5, 5.41) is 0. The van der Waals surface area contributed by atoms with Crippen LogP contribution in [0.25, 0.3) is 0 Å². The zero-order valence-electron chi connectivity index (χ0n) is 11.6. The van der Waals surface area contributed by atoms with E-state index in [9.17, 15) is 0 Å². The highest BCUT2D eigenvalue weighted by atomic mass is 16.5. The van der Waals surface area contributed by atoms with E-state index in [2.05, 4.69) is 6.92 Å². The average molecular weight is 241 g/mol. The molecule has 2 atom stereocenters. The van der Waals surface area contributed by atoms with Gasteiger partial charge in [0.15, 0.2) is 0 Å². The van der Waals surface area contributed by atoms with E-state index in [0.29, 0.717) is 12.0 Å². The van der Waals surface area contributed by atoms with Crippen LogP contribution >= 0.6 is 0 Å². The number of nitrogens with two attached hydrogens (primary N) is 1. The molecule has 0 aromatic heterocycles. The lowest BCUT2D eigenvalue weighted by Crippen LogP contribution is -2.34. The van der Waals surface area contributed by atoms with Crippen molar-refractivity contribution in [1.29, 1.82) is 0 Å². The van der Waals surface area contributed by atoms with Gasteiger partial charge in [0.05, 0.1) is 6.10 Å². The summed E-state index contributed by atoms with van der Waals surface area (Å²) in [6.45, 7) is 4.03. The minimum absolute atomic E-state index is 0.462. The third-order valence-electron chi connectivity index (χ3n) is 3.97. The molecule has 1 fully saturated rings. The SMILES string of the molecule is CCCCCCCCCC1OCCCC1CN. The molecular weight excluding hydrogens is 210 g/mol. The predicted octanol–water partition coefficient (Wildman–Crippen LogP) is 3.88. The number of rotatable bonds is 9. The van der Waals surface area contributed by atoms with Crippen molar-refractivity contribution < 1.29 is 4.74 Å². The Morgan fingerprint density at radius 2 is 1.76 bits per heavy atom. The molecule has 2 unspecified atom stereocenters. The Morgan fingerprint density at radius 3 is 2.47 bits per heavy atom. The lowest BCUT2D eigenvalue weighted by atomic mass is 9.91. The molecule has 102 valence electrons. The van der Waals surface area contributed by atoms with Crippen LogP contribution in [0.15, 0.2) is 0 Å². The van der Waals surface area contributed by atoms with Crippen LogP contribution in [0.4, 0.5) is 0 Å². The van der Waals surface area contributed by atoms with E-state index in [1.165, 1.54) is 64.2 Å². The molecule has 2 nitrogen and oxygen atoms in total. The molecule has 1 heterocycles. The van der Waals surface area contributed by atoms with E-state index in [1.54, 1.807) is 0 Å². The fraction of sp³-hybridized carbons (Fsp3) is 1.00. The van der Waals surface area contributed by atoms with Crippen LogP contribution in [0.2, 0.25) is 0 Å². The van der Waals surface area contributed by atoms with Crippen molar-refractivity contribution in [3.8, 4) is 0 Å². The van der Waals surface area contributed by atoms with E-state index in [0.717, 1.165) is 13.2 Å². The molecule has 0 bridgehead atoms. The van der Waals surface area contributed by atoms with Crippen molar-refractivity contribution in [2.45, 2.75) is 77.2 Å². The highest BCUT2D eigenvalue weighted by Crippen LogP contribution is 2.24. The van der Waals surface area contributed by atoms with Crippen molar-refractivity contribution in [3.63, 3.8) is 0 Å². The van der Waals surface area contributed by atoms with Gasteiger partial charge in [-0.1, -0.05) is 51.9 Å². The highest BCUT2D eigenvalue weighted by molar-refractivity contribution is 4.75. The van der Waals surface area contributed by atoms with Crippen molar-refractivity contribution in [1.82, 2.24) is 0 Å². The summed E-state index contributed by atoms with van der Waals surface area (Å²) in [5.74, 6) is 0.629. The van der Waals surface area contributed by atoms with Gasteiger partial charge in [0.25, 0.3) is 0 Å². The fourth-order valence-corrected chi connectivity index (χ4v) is 2.79. The van der Waals surface area contributed by atoms with Gasteiger partial charge in [-0.3, -0.25) is 0 Å². The smallest absolute Gasteiger partial charge is 0.0615 e. The summed E-state index contributed by atoms with van der Waals surface area (Å²) in [4.78, 5) is 0. The zero-order chi connectivity index (χ0) is 12.3. The first kappa shape index (κ1) is 15.0. The molecule has 0 aromatic rings. The Kier molecular flexibility index (Phi) is 8.72. The largest absolute Gasteiger partial charge is 0.378 e. The van der Waals surface area contributed by atoms with Crippen LogP contribution in [-0.2, 0) is 4.74 Å². The molecule has 17 heavy (non-hydrogen) atoms. The first-order valence-electron chi connectivity index (χ1n) is 7.70. The molecule has 2 heteroatoms. The molecule has 1 aliphatic heterocycles. The Labute approximate surface area is 107 Å². The maximum absolute atomic E-state index is 5.85. The van der Waals surface area contributed by atoms with Crippen molar-refractivity contribution in [3.05, 3.63) is 0 Å². The Hall–Kier alpha value is -0.0800. The van der Waals surface area contributed by atoms with Gasteiger partial charge in [-0.25, -0.2) is 0 Å². The first-order valence-corrected chi connectivity index (χ1v) is 7.70. The molecule has 0 spiro atoms. The van der Waals surface area contributed by atoms with Gasteiger partial charge < -0.3 is 10.5 Å². The standard InChI is InChI=1S/C15H31NO/c1-2-3-4-5-6-7-8-11-15-14(13-16)10-9-12-17-15/h14-15H,2-13,16H2,1H3. The second-order valence-corrected chi connectivity index (χ2v) is 5.46. The Morgan fingerprint density at radius 1 is 1.06 bits per heavy atom. The van der Waals surface area contributed by atoms with Crippen LogP contribution in [0, 0.1) is 5.92 Å². The molecule has 0 aliphatic carbocycles. The maximum Gasteiger partial charge on any atom is 0.0615 e. The summed E-state index contributed by atoms with van der Waals surface area (Å²) in [7, 11) is 0. The summed E-state index contributed by atoms with van der Waals surface area (Å²) in [6, 6.07) is 0. The number of ether oxygens (including phenoxy) is 1. The van der Waals surface area contributed by atoms with Crippen molar-refractivity contribution in [2.75, 3.05) is 13.2 Å². The van der Waals surface area contributed by atoms with Crippen molar-refractivity contribution >= 4 is 0 Å². The Bertz CT molecular complexity index is 172. The quantitative estimate of drug-likeness (QED) is 0.622. The van der Waals surface area contributed by atoms with Gasteiger partial charge in [-0.2, -0.15) is 0 Å². The topological polar surface area (TPSA) is 35.2 Å². The molecule has 1 aliphatic rings. The lowest BCUT2D eigenvalue weighted by Gasteiger charge is -2.30. The molecule has 0 saturated carbocycles. The van der Waals surface area contributed by atoms with Crippen LogP contribution < -0.4 is 5.73 Å². The number of hydrogen-bond acceptors (Lipinski definition) is 2. The van der Waals surface area contributed by atoms with Crippen LogP contribution in [0.3, 0.4) is 0 Å². The van der Waals surface area contributed by atoms with E-state index >= 15 is 0 Å². The molecule has 2 N–H and O–H groups in total. The fourth-order valence-electron chi connectivity index (χ4n) is 2.79. The minimum Gasteiger partial charge on any atom is -0.378 e. The summed E-state index contributed by atoms with van der Waals surface area (Å²) < 4.78 is 5.85. The maximum atomic E-state index is 5.85. The highest BCUT2D eigenvalue weighted by Gasteiger charge is 2.23. The van der Waals surface area contributed by atoms with Gasteiger partial charge >= 0.3 is 0 Å². The molecule has 0 radical (unpaired) electrons. The first-order chi connectivity index (χ1) is 8.38. The zero-order valence-corrected chi connectivity index (χ0v) is 11.6. The molecule has 1 rings (SSSR count). The van der Waals surface area contributed by atoms with Gasteiger partial charge in [-0.05, 0) is 31.7 Å². The van der Waals surface area contributed by atoms with Crippen LogP contribution in [0.5, 0.6) is 0 Å². The summed E-state index contributed by atoms with van der Waals surface area (Å²) in [6.07, 6.45) is 13.9. The second-order valence-electron chi connectivity index (χ2n) is 5.46. The third kappa shape index (κ3) is 6.42.